The zero-order valence-corrected chi connectivity index (χ0v) is 6.10. The third-order valence-corrected chi connectivity index (χ3v) is 0.977. The van der Waals surface area contributed by atoms with E-state index in [1.807, 2.05) is 0 Å². The Bertz CT molecular complexity index is 141. The van der Waals surface area contributed by atoms with Gasteiger partial charge in [-0.15, -0.1) is 0 Å². The number of alkyl halides is 3. The lowest BCUT2D eigenvalue weighted by atomic mass is 10.5. The molecular weight excluding hydrogens is 163 g/mol. The van der Waals surface area contributed by atoms with E-state index in [0.29, 0.717) is 0 Å². The third-order valence-electron chi connectivity index (χ3n) is 0.977. The van der Waals surface area contributed by atoms with E-state index in [9.17, 15) is 18.0 Å². The van der Waals surface area contributed by atoms with Crippen molar-refractivity contribution in [1.29, 1.82) is 0 Å². The Morgan fingerprint density at radius 1 is 1.55 bits per heavy atom. The number of nitrogens with zero attached hydrogens (tertiary/aromatic N) is 1. The first kappa shape index (κ1) is 10.2. The summed E-state index contributed by atoms with van der Waals surface area (Å²) in [4.78, 5) is 14.5. The summed E-state index contributed by atoms with van der Waals surface area (Å²) >= 11 is 0. The number of carbonyl (C=O) groups excluding carboxylic acids is 1. The van der Waals surface area contributed by atoms with E-state index >= 15 is 0 Å². The van der Waals surface area contributed by atoms with Gasteiger partial charge in [0.05, 0.1) is 7.11 Å². The fourth-order valence-corrected chi connectivity index (χ4v) is 0.497. The number of halogens is 3. The molecule has 0 aromatic rings. The van der Waals surface area contributed by atoms with Crippen LogP contribution in [0.15, 0.2) is 0 Å². The van der Waals surface area contributed by atoms with Gasteiger partial charge in [-0.05, 0) is 6.92 Å². The molecule has 0 rings (SSSR count). The topological polar surface area (TPSA) is 29.5 Å². The summed E-state index contributed by atoms with van der Waals surface area (Å²) in [5, 5.41) is 0.236. The largest absolute Gasteiger partial charge is 0.473 e. The molecule has 0 bridgehead atoms. The molecule has 1 amide bonds. The second kappa shape index (κ2) is 3.56. The standard InChI is InChI=1S/C5H8F3NO2/c1-3-9(11-2)4(10)5(6,7)8/h3H2,1-2H3. The van der Waals surface area contributed by atoms with Crippen LogP contribution in [0.1, 0.15) is 6.92 Å². The second-order valence-electron chi connectivity index (χ2n) is 1.68. The predicted octanol–water partition coefficient (Wildman–Crippen LogP) is 0.959. The zero-order valence-electron chi connectivity index (χ0n) is 6.10. The maximum Gasteiger partial charge on any atom is 0.473 e. The molecule has 0 saturated carbocycles. The van der Waals surface area contributed by atoms with Crippen LogP contribution >= 0.6 is 0 Å². The summed E-state index contributed by atoms with van der Waals surface area (Å²) in [6.45, 7) is 1.25. The van der Waals surface area contributed by atoms with Gasteiger partial charge in [0, 0.05) is 6.54 Å². The number of hydrogen-bond acceptors (Lipinski definition) is 2. The molecular formula is C5H8F3NO2. The molecule has 0 aliphatic heterocycles. The molecule has 0 fully saturated rings. The molecule has 0 radical (unpaired) electrons. The summed E-state index contributed by atoms with van der Waals surface area (Å²) in [5.41, 5.74) is 0. The van der Waals surface area contributed by atoms with Gasteiger partial charge >= 0.3 is 12.1 Å². The maximum atomic E-state index is 11.6. The maximum absolute atomic E-state index is 11.6. The van der Waals surface area contributed by atoms with Gasteiger partial charge in [-0.25, -0.2) is 5.06 Å². The van der Waals surface area contributed by atoms with Gasteiger partial charge in [0.2, 0.25) is 0 Å². The highest BCUT2D eigenvalue weighted by Gasteiger charge is 2.42. The highest BCUT2D eigenvalue weighted by molar-refractivity contribution is 5.80. The second-order valence-corrected chi connectivity index (χ2v) is 1.68. The zero-order chi connectivity index (χ0) is 9.07. The Morgan fingerprint density at radius 2 is 2.00 bits per heavy atom. The Labute approximate surface area is 61.7 Å². The van der Waals surface area contributed by atoms with Crippen molar-refractivity contribution in [2.45, 2.75) is 13.1 Å². The van der Waals surface area contributed by atoms with Crippen LogP contribution in [0.25, 0.3) is 0 Å². The van der Waals surface area contributed by atoms with Gasteiger partial charge in [0.15, 0.2) is 0 Å². The summed E-state index contributed by atoms with van der Waals surface area (Å²) in [5.74, 6) is -1.98. The minimum absolute atomic E-state index is 0.130. The van der Waals surface area contributed by atoms with Crippen molar-refractivity contribution in [3.8, 4) is 0 Å². The predicted molar refractivity (Wildman–Crippen MR) is 30.5 cm³/mol. The summed E-state index contributed by atoms with van der Waals surface area (Å²) in [6.07, 6.45) is -4.86. The van der Waals surface area contributed by atoms with Crippen LogP contribution in [-0.4, -0.2) is 30.8 Å². The van der Waals surface area contributed by atoms with Crippen LogP contribution in [0, 0.1) is 0 Å². The SMILES string of the molecule is CCN(OC)C(=O)C(F)(F)F. The first-order valence-corrected chi connectivity index (χ1v) is 2.86. The quantitative estimate of drug-likeness (QED) is 0.579. The first-order chi connectivity index (χ1) is 4.93. The van der Waals surface area contributed by atoms with Crippen molar-refractivity contribution in [2.75, 3.05) is 13.7 Å². The molecule has 0 saturated heterocycles. The molecule has 11 heavy (non-hydrogen) atoms. The van der Waals surface area contributed by atoms with Crippen molar-refractivity contribution in [2.24, 2.45) is 0 Å². The van der Waals surface area contributed by atoms with E-state index < -0.39 is 12.1 Å². The number of hydroxylamine groups is 2. The minimum atomic E-state index is -4.86. The third kappa shape index (κ3) is 2.75. The highest BCUT2D eigenvalue weighted by atomic mass is 19.4. The van der Waals surface area contributed by atoms with Gasteiger partial charge in [0.25, 0.3) is 0 Å². The average Bonchev–Trinajstić information content (AvgIpc) is 1.88. The van der Waals surface area contributed by atoms with Crippen LogP contribution in [0.4, 0.5) is 13.2 Å². The number of carbonyl (C=O) groups is 1. The van der Waals surface area contributed by atoms with E-state index in [2.05, 4.69) is 4.84 Å². The lowest BCUT2D eigenvalue weighted by molar-refractivity contribution is -0.222. The van der Waals surface area contributed by atoms with Gasteiger partial charge in [-0.1, -0.05) is 0 Å². The van der Waals surface area contributed by atoms with E-state index in [0.717, 1.165) is 7.11 Å². The Balaban J connectivity index is 4.22. The van der Waals surface area contributed by atoms with E-state index in [1.54, 1.807) is 0 Å². The van der Waals surface area contributed by atoms with Gasteiger partial charge in [-0.2, -0.15) is 13.2 Å². The van der Waals surface area contributed by atoms with Gasteiger partial charge in [0.1, 0.15) is 0 Å². The Hall–Kier alpha value is -0.780. The first-order valence-electron chi connectivity index (χ1n) is 2.86. The van der Waals surface area contributed by atoms with Gasteiger partial charge < -0.3 is 0 Å². The molecule has 0 aliphatic rings. The lowest BCUT2D eigenvalue weighted by Gasteiger charge is -2.18. The Morgan fingerprint density at radius 3 is 2.09 bits per heavy atom. The summed E-state index contributed by atoms with van der Waals surface area (Å²) < 4.78 is 34.8. The summed E-state index contributed by atoms with van der Waals surface area (Å²) in [6, 6.07) is 0. The van der Waals surface area contributed by atoms with Gasteiger partial charge in [-0.3, -0.25) is 9.63 Å². The number of amides is 1. The molecule has 0 aromatic heterocycles. The van der Waals surface area contributed by atoms with Crippen LogP contribution < -0.4 is 0 Å². The van der Waals surface area contributed by atoms with E-state index in [-0.39, 0.29) is 11.6 Å². The lowest BCUT2D eigenvalue weighted by Crippen LogP contribution is -2.40. The molecule has 3 nitrogen and oxygen atoms in total. The van der Waals surface area contributed by atoms with Crippen molar-refractivity contribution in [3.63, 3.8) is 0 Å². The smallest absolute Gasteiger partial charge is 0.274 e. The molecule has 6 heteroatoms. The molecule has 0 atom stereocenters. The monoisotopic (exact) mass is 171 g/mol. The van der Waals surface area contributed by atoms with Crippen molar-refractivity contribution in [1.82, 2.24) is 5.06 Å². The molecule has 0 aromatic carbocycles. The van der Waals surface area contributed by atoms with Crippen molar-refractivity contribution in [3.05, 3.63) is 0 Å². The average molecular weight is 171 g/mol. The Kier molecular flexibility index (Phi) is 3.31. The van der Waals surface area contributed by atoms with Crippen molar-refractivity contribution < 1.29 is 22.8 Å². The number of hydrogen-bond donors (Lipinski definition) is 0. The molecule has 66 valence electrons. The van der Waals surface area contributed by atoms with Crippen LogP contribution in [0.5, 0.6) is 0 Å². The number of rotatable bonds is 2. The normalized spacial score (nSPS) is 11.4. The van der Waals surface area contributed by atoms with Crippen molar-refractivity contribution >= 4 is 5.91 Å². The molecule has 0 spiro atoms. The molecule has 0 heterocycles. The van der Waals surface area contributed by atoms with Crippen LogP contribution in [-0.2, 0) is 9.63 Å². The minimum Gasteiger partial charge on any atom is -0.274 e. The molecule has 0 unspecified atom stereocenters. The van der Waals surface area contributed by atoms with Crippen LogP contribution in [0.2, 0.25) is 0 Å². The molecule has 0 N–H and O–H groups in total. The fourth-order valence-electron chi connectivity index (χ4n) is 0.497. The van der Waals surface area contributed by atoms with Crippen LogP contribution in [0.3, 0.4) is 0 Å². The fraction of sp³-hybridized carbons (Fsp3) is 0.800. The van der Waals surface area contributed by atoms with E-state index in [1.165, 1.54) is 6.92 Å². The van der Waals surface area contributed by atoms with E-state index in [4.69, 9.17) is 0 Å². The molecule has 0 aliphatic carbocycles. The summed E-state index contributed by atoms with van der Waals surface area (Å²) in [7, 11) is 1.01. The highest BCUT2D eigenvalue weighted by Crippen LogP contribution is 2.17.